The van der Waals surface area contributed by atoms with E-state index in [2.05, 4.69) is 5.16 Å². The van der Waals surface area contributed by atoms with Crippen LogP contribution < -0.4 is 4.74 Å². The summed E-state index contributed by atoms with van der Waals surface area (Å²) in [5, 5.41) is 3.67. The molecular weight excluding hydrogens is 418 g/mol. The molecule has 0 bridgehead atoms. The standard InChI is InChI=1S/C22H23N3O5S/c26-22(21(18-7-3-1-4-8-18)30-20-9-5-2-6-10-20)24-12-14-25(15-13-24)31(27,28)17-19-11-16-29-23-19/h1-11,16,21H,12-15,17H2. The molecule has 2 heterocycles. The zero-order valence-electron chi connectivity index (χ0n) is 16.8. The third kappa shape index (κ3) is 5.12. The average Bonchev–Trinajstić information content (AvgIpc) is 3.31. The number of amides is 1. The number of nitrogens with zero attached hydrogens (tertiary/aromatic N) is 3. The van der Waals surface area contributed by atoms with E-state index in [0.29, 0.717) is 24.5 Å². The van der Waals surface area contributed by atoms with Crippen LogP contribution in [0, 0.1) is 0 Å². The molecule has 8 nitrogen and oxygen atoms in total. The highest BCUT2D eigenvalue weighted by Crippen LogP contribution is 2.25. The molecule has 1 aromatic heterocycles. The van der Waals surface area contributed by atoms with Crippen molar-refractivity contribution in [3.8, 4) is 5.75 Å². The van der Waals surface area contributed by atoms with Gasteiger partial charge in [0, 0.05) is 37.8 Å². The maximum absolute atomic E-state index is 13.3. The Morgan fingerprint density at radius 2 is 1.61 bits per heavy atom. The summed E-state index contributed by atoms with van der Waals surface area (Å²) in [5.41, 5.74) is 1.11. The van der Waals surface area contributed by atoms with E-state index in [1.807, 2.05) is 48.5 Å². The van der Waals surface area contributed by atoms with Gasteiger partial charge in [0.15, 0.2) is 0 Å². The normalized spacial score (nSPS) is 16.1. The fourth-order valence-electron chi connectivity index (χ4n) is 3.47. The molecule has 1 saturated heterocycles. The highest BCUT2D eigenvalue weighted by Gasteiger charge is 2.33. The molecule has 1 atom stereocenters. The van der Waals surface area contributed by atoms with Crippen LogP contribution in [0.3, 0.4) is 0 Å². The minimum atomic E-state index is -3.53. The summed E-state index contributed by atoms with van der Waals surface area (Å²) >= 11 is 0. The zero-order valence-corrected chi connectivity index (χ0v) is 17.6. The molecule has 2 aromatic carbocycles. The number of piperazine rings is 1. The number of sulfonamides is 1. The zero-order chi connectivity index (χ0) is 21.7. The van der Waals surface area contributed by atoms with E-state index in [9.17, 15) is 13.2 Å². The molecule has 1 aliphatic rings. The predicted molar refractivity (Wildman–Crippen MR) is 114 cm³/mol. The molecule has 1 amide bonds. The summed E-state index contributed by atoms with van der Waals surface area (Å²) < 4.78 is 37.4. The largest absolute Gasteiger partial charge is 0.476 e. The molecule has 9 heteroatoms. The molecule has 0 aliphatic carbocycles. The van der Waals surface area contributed by atoms with Crippen molar-refractivity contribution in [1.29, 1.82) is 0 Å². The van der Waals surface area contributed by atoms with Crippen LogP contribution in [0.2, 0.25) is 0 Å². The van der Waals surface area contributed by atoms with Gasteiger partial charge in [0.1, 0.15) is 17.8 Å². The fourth-order valence-corrected chi connectivity index (χ4v) is 4.89. The van der Waals surface area contributed by atoms with Gasteiger partial charge in [-0.05, 0) is 12.1 Å². The minimum Gasteiger partial charge on any atom is -0.476 e. The molecule has 4 rings (SSSR count). The molecule has 1 unspecified atom stereocenters. The van der Waals surface area contributed by atoms with Gasteiger partial charge in [-0.15, -0.1) is 0 Å². The Labute approximate surface area is 181 Å². The Morgan fingerprint density at radius 3 is 2.23 bits per heavy atom. The van der Waals surface area contributed by atoms with Gasteiger partial charge in [-0.3, -0.25) is 4.79 Å². The second-order valence-corrected chi connectivity index (χ2v) is 9.16. The van der Waals surface area contributed by atoms with E-state index < -0.39 is 16.1 Å². The van der Waals surface area contributed by atoms with Gasteiger partial charge in [0.25, 0.3) is 5.91 Å². The topological polar surface area (TPSA) is 93.0 Å². The summed E-state index contributed by atoms with van der Waals surface area (Å²) in [6.07, 6.45) is 0.541. The summed E-state index contributed by atoms with van der Waals surface area (Å²) in [6, 6.07) is 20.0. The Hall–Kier alpha value is -3.17. The maximum atomic E-state index is 13.3. The molecule has 1 fully saturated rings. The van der Waals surface area contributed by atoms with Crippen LogP contribution in [0.5, 0.6) is 5.75 Å². The molecule has 162 valence electrons. The van der Waals surface area contributed by atoms with Crippen molar-refractivity contribution in [3.05, 3.63) is 84.3 Å². The van der Waals surface area contributed by atoms with Crippen LogP contribution in [-0.4, -0.2) is 54.9 Å². The van der Waals surface area contributed by atoms with Crippen molar-refractivity contribution < 1.29 is 22.5 Å². The van der Waals surface area contributed by atoms with Crippen LogP contribution >= 0.6 is 0 Å². The Morgan fingerprint density at radius 1 is 0.968 bits per heavy atom. The highest BCUT2D eigenvalue weighted by molar-refractivity contribution is 7.88. The van der Waals surface area contributed by atoms with E-state index in [4.69, 9.17) is 9.26 Å². The van der Waals surface area contributed by atoms with Gasteiger partial charge in [-0.2, -0.15) is 4.31 Å². The number of para-hydroxylation sites is 1. The van der Waals surface area contributed by atoms with Crippen LogP contribution in [-0.2, 0) is 20.6 Å². The molecule has 0 saturated carbocycles. The van der Waals surface area contributed by atoms with Crippen LogP contribution in [0.25, 0.3) is 0 Å². The van der Waals surface area contributed by atoms with E-state index in [-0.39, 0.29) is 24.7 Å². The lowest BCUT2D eigenvalue weighted by atomic mass is 10.1. The third-order valence-electron chi connectivity index (χ3n) is 5.09. The van der Waals surface area contributed by atoms with Crippen molar-refractivity contribution in [2.75, 3.05) is 26.2 Å². The lowest BCUT2D eigenvalue weighted by Crippen LogP contribution is -2.52. The lowest BCUT2D eigenvalue weighted by molar-refractivity contribution is -0.140. The Balaban J connectivity index is 1.45. The summed E-state index contributed by atoms with van der Waals surface area (Å²) in [5.74, 6) is 0.184. The van der Waals surface area contributed by atoms with Crippen molar-refractivity contribution in [2.24, 2.45) is 0 Å². The first-order chi connectivity index (χ1) is 15.0. The van der Waals surface area contributed by atoms with Crippen molar-refractivity contribution in [3.63, 3.8) is 0 Å². The third-order valence-corrected chi connectivity index (χ3v) is 6.90. The first-order valence-electron chi connectivity index (χ1n) is 9.95. The lowest BCUT2D eigenvalue weighted by Gasteiger charge is -2.35. The van der Waals surface area contributed by atoms with Gasteiger partial charge in [0.05, 0.1) is 5.69 Å². The second-order valence-electron chi connectivity index (χ2n) is 7.19. The van der Waals surface area contributed by atoms with Crippen LogP contribution in [0.1, 0.15) is 17.4 Å². The van der Waals surface area contributed by atoms with E-state index in [1.165, 1.54) is 16.6 Å². The van der Waals surface area contributed by atoms with Gasteiger partial charge >= 0.3 is 0 Å². The van der Waals surface area contributed by atoms with Crippen molar-refractivity contribution in [2.45, 2.75) is 11.9 Å². The molecule has 3 aromatic rings. The van der Waals surface area contributed by atoms with E-state index in [0.717, 1.165) is 5.56 Å². The molecule has 0 N–H and O–H groups in total. The number of carbonyl (C=O) groups is 1. The molecule has 0 radical (unpaired) electrons. The highest BCUT2D eigenvalue weighted by atomic mass is 32.2. The van der Waals surface area contributed by atoms with Crippen molar-refractivity contribution >= 4 is 15.9 Å². The molecule has 1 aliphatic heterocycles. The summed E-state index contributed by atoms with van der Waals surface area (Å²) in [7, 11) is -3.53. The number of hydrogen-bond donors (Lipinski definition) is 0. The molecule has 0 spiro atoms. The van der Waals surface area contributed by atoms with Crippen molar-refractivity contribution in [1.82, 2.24) is 14.4 Å². The summed E-state index contributed by atoms with van der Waals surface area (Å²) in [6.45, 7) is 1.02. The first-order valence-corrected chi connectivity index (χ1v) is 11.6. The smallest absolute Gasteiger partial charge is 0.268 e. The monoisotopic (exact) mass is 441 g/mol. The Kier molecular flexibility index (Phi) is 6.34. The van der Waals surface area contributed by atoms with Gasteiger partial charge in [-0.1, -0.05) is 53.7 Å². The average molecular weight is 442 g/mol. The molecular formula is C22H23N3O5S. The number of ether oxygens (including phenoxy) is 1. The van der Waals surface area contributed by atoms with E-state index >= 15 is 0 Å². The maximum Gasteiger partial charge on any atom is 0.268 e. The van der Waals surface area contributed by atoms with Crippen LogP contribution in [0.15, 0.2) is 77.5 Å². The number of rotatable bonds is 7. The number of carbonyl (C=O) groups excluding carboxylic acids is 1. The number of benzene rings is 2. The van der Waals surface area contributed by atoms with Crippen LogP contribution in [0.4, 0.5) is 0 Å². The first kappa shape index (κ1) is 21.1. The quantitative estimate of drug-likeness (QED) is 0.559. The summed E-state index contributed by atoms with van der Waals surface area (Å²) in [4.78, 5) is 15.0. The molecule has 31 heavy (non-hydrogen) atoms. The van der Waals surface area contributed by atoms with E-state index in [1.54, 1.807) is 17.0 Å². The fraction of sp³-hybridized carbons (Fsp3) is 0.273. The number of hydrogen-bond acceptors (Lipinski definition) is 6. The van der Waals surface area contributed by atoms with Gasteiger partial charge < -0.3 is 14.2 Å². The number of aromatic nitrogens is 1. The SMILES string of the molecule is O=C(C(Oc1ccccc1)c1ccccc1)N1CCN(S(=O)(=O)Cc2ccon2)CC1. The predicted octanol–water partition coefficient (Wildman–Crippen LogP) is 2.47. The van der Waals surface area contributed by atoms with Gasteiger partial charge in [0.2, 0.25) is 16.1 Å². The Bertz CT molecular complexity index is 1080. The minimum absolute atomic E-state index is 0.191. The second kappa shape index (κ2) is 9.32. The van der Waals surface area contributed by atoms with Gasteiger partial charge in [-0.25, -0.2) is 8.42 Å².